The molecule has 0 bridgehead atoms. The summed E-state index contributed by atoms with van der Waals surface area (Å²) >= 11 is 0. The molecule has 1 unspecified atom stereocenters. The van der Waals surface area contributed by atoms with Gasteiger partial charge in [-0.25, -0.2) is 0 Å². The van der Waals surface area contributed by atoms with Crippen LogP contribution in [0.1, 0.15) is 17.2 Å². The van der Waals surface area contributed by atoms with Gasteiger partial charge in [-0.3, -0.25) is 4.79 Å². The van der Waals surface area contributed by atoms with Gasteiger partial charge in [0.2, 0.25) is 0 Å². The third kappa shape index (κ3) is 1.74. The van der Waals surface area contributed by atoms with E-state index in [1.54, 1.807) is 24.3 Å². The molecule has 1 N–H and O–H groups in total. The smallest absolute Gasteiger partial charge is 0.186 e. The van der Waals surface area contributed by atoms with Crippen LogP contribution in [0.15, 0.2) is 48.5 Å². The Morgan fingerprint density at radius 3 is 2.61 bits per heavy atom. The third-order valence-corrected chi connectivity index (χ3v) is 3.09. The van der Waals surface area contributed by atoms with Crippen molar-refractivity contribution in [1.29, 1.82) is 0 Å². The summed E-state index contributed by atoms with van der Waals surface area (Å²) in [5, 5.41) is 9.80. The molecule has 3 heteroatoms. The van der Waals surface area contributed by atoms with Crippen LogP contribution in [0.2, 0.25) is 0 Å². The summed E-state index contributed by atoms with van der Waals surface area (Å²) < 4.78 is 5.70. The Balaban J connectivity index is 2.01. The van der Waals surface area contributed by atoms with Crippen molar-refractivity contribution in [2.45, 2.75) is 12.5 Å². The van der Waals surface area contributed by atoms with Crippen molar-refractivity contribution in [3.63, 3.8) is 0 Å². The number of phenols is 1. The summed E-state index contributed by atoms with van der Waals surface area (Å²) in [6.07, 6.45) is -0.365. The lowest BCUT2D eigenvalue weighted by Crippen LogP contribution is -2.25. The van der Waals surface area contributed by atoms with Gasteiger partial charge in [-0.2, -0.15) is 0 Å². The predicted octanol–water partition coefficient (Wildman–Crippen LogP) is 2.64. The first-order chi connectivity index (χ1) is 8.75. The molecule has 0 saturated carbocycles. The number of para-hydroxylation sites is 2. The molecule has 1 atom stereocenters. The molecule has 18 heavy (non-hydrogen) atoms. The number of ether oxygens (including phenoxy) is 1. The first-order valence-corrected chi connectivity index (χ1v) is 5.81. The van der Waals surface area contributed by atoms with E-state index in [1.165, 1.54) is 0 Å². The number of fused-ring (bicyclic) bond motifs is 1. The van der Waals surface area contributed by atoms with Crippen molar-refractivity contribution < 1.29 is 14.6 Å². The molecule has 0 fully saturated rings. The Morgan fingerprint density at radius 2 is 1.78 bits per heavy atom. The third-order valence-electron chi connectivity index (χ3n) is 3.09. The molecule has 0 aliphatic carbocycles. The molecule has 2 aromatic rings. The lowest BCUT2D eigenvalue weighted by Gasteiger charge is -2.25. The minimum absolute atomic E-state index is 0.0322. The highest BCUT2D eigenvalue weighted by Gasteiger charge is 2.30. The van der Waals surface area contributed by atoms with Gasteiger partial charge in [-0.1, -0.05) is 36.4 Å². The molecule has 3 nitrogen and oxygen atoms in total. The summed E-state index contributed by atoms with van der Waals surface area (Å²) in [5.74, 6) is 0.774. The zero-order chi connectivity index (χ0) is 12.5. The van der Waals surface area contributed by atoms with Crippen LogP contribution in [0.4, 0.5) is 0 Å². The van der Waals surface area contributed by atoms with E-state index in [2.05, 4.69) is 0 Å². The topological polar surface area (TPSA) is 46.5 Å². The maximum Gasteiger partial charge on any atom is 0.186 e. The molecular formula is C15H12O3. The number of hydrogen-bond donors (Lipinski definition) is 1. The van der Waals surface area contributed by atoms with Crippen molar-refractivity contribution in [1.82, 2.24) is 0 Å². The van der Waals surface area contributed by atoms with E-state index in [0.29, 0.717) is 17.7 Å². The fraction of sp³-hybridized carbons (Fsp3) is 0.133. The fourth-order valence-corrected chi connectivity index (χ4v) is 2.18. The van der Waals surface area contributed by atoms with Gasteiger partial charge >= 0.3 is 0 Å². The summed E-state index contributed by atoms with van der Waals surface area (Å²) in [6, 6.07) is 14.3. The fourth-order valence-electron chi connectivity index (χ4n) is 2.18. The van der Waals surface area contributed by atoms with Crippen LogP contribution >= 0.6 is 0 Å². The van der Waals surface area contributed by atoms with E-state index in [9.17, 15) is 9.90 Å². The SMILES string of the molecule is O=C1Cc2ccccc2OC1c1ccccc1O. The van der Waals surface area contributed by atoms with Crippen LogP contribution in [0.5, 0.6) is 11.5 Å². The van der Waals surface area contributed by atoms with Gasteiger partial charge in [0.05, 0.1) is 0 Å². The number of rotatable bonds is 1. The van der Waals surface area contributed by atoms with Crippen molar-refractivity contribution in [3.8, 4) is 11.5 Å². The molecule has 0 aromatic heterocycles. The maximum absolute atomic E-state index is 12.1. The van der Waals surface area contributed by atoms with Crippen LogP contribution in [-0.2, 0) is 11.2 Å². The van der Waals surface area contributed by atoms with Crippen molar-refractivity contribution in [2.24, 2.45) is 0 Å². The summed E-state index contributed by atoms with van der Waals surface area (Å²) in [5.41, 5.74) is 1.42. The molecular weight excluding hydrogens is 228 g/mol. The maximum atomic E-state index is 12.1. The lowest BCUT2D eigenvalue weighted by atomic mass is 9.96. The second kappa shape index (κ2) is 4.18. The van der Waals surface area contributed by atoms with Crippen molar-refractivity contribution in [3.05, 3.63) is 59.7 Å². The van der Waals surface area contributed by atoms with Gasteiger partial charge in [0.25, 0.3) is 0 Å². The number of Topliss-reactive ketones (excluding diaryl/α,β-unsaturated/α-hetero) is 1. The van der Waals surface area contributed by atoms with Crippen LogP contribution in [0.25, 0.3) is 0 Å². The highest BCUT2D eigenvalue weighted by atomic mass is 16.5. The second-order valence-electron chi connectivity index (χ2n) is 4.31. The molecule has 90 valence electrons. The lowest BCUT2D eigenvalue weighted by molar-refractivity contribution is -0.126. The standard InChI is InChI=1S/C15H12O3/c16-12-7-3-2-6-11(12)15-13(17)9-10-5-1-4-8-14(10)18-15/h1-8,15-16H,9H2. The molecule has 3 rings (SSSR count). The van der Waals surface area contributed by atoms with Gasteiger partial charge in [0.15, 0.2) is 11.9 Å². The van der Waals surface area contributed by atoms with Gasteiger partial charge in [-0.15, -0.1) is 0 Å². The second-order valence-corrected chi connectivity index (χ2v) is 4.31. The number of phenolic OH excluding ortho intramolecular Hbond substituents is 1. The number of carbonyl (C=O) groups is 1. The van der Waals surface area contributed by atoms with Crippen LogP contribution in [-0.4, -0.2) is 10.9 Å². The monoisotopic (exact) mass is 240 g/mol. The van der Waals surface area contributed by atoms with Crippen LogP contribution in [0, 0.1) is 0 Å². The van der Waals surface area contributed by atoms with Gasteiger partial charge in [0, 0.05) is 17.5 Å². The Morgan fingerprint density at radius 1 is 1.06 bits per heavy atom. The average Bonchev–Trinajstić information content (AvgIpc) is 2.39. The normalized spacial score (nSPS) is 18.0. The molecule has 1 aliphatic heterocycles. The zero-order valence-corrected chi connectivity index (χ0v) is 9.67. The van der Waals surface area contributed by atoms with E-state index >= 15 is 0 Å². The molecule has 0 amide bonds. The first kappa shape index (κ1) is 10.8. The number of benzene rings is 2. The quantitative estimate of drug-likeness (QED) is 0.833. The Bertz CT molecular complexity index is 604. The summed E-state index contributed by atoms with van der Waals surface area (Å²) in [4.78, 5) is 12.1. The Kier molecular flexibility index (Phi) is 2.52. The van der Waals surface area contributed by atoms with E-state index in [1.807, 2.05) is 24.3 Å². The minimum Gasteiger partial charge on any atom is -0.508 e. The minimum atomic E-state index is -0.707. The van der Waals surface area contributed by atoms with Gasteiger partial charge in [0.1, 0.15) is 11.5 Å². The van der Waals surface area contributed by atoms with Gasteiger partial charge in [-0.05, 0) is 12.1 Å². The first-order valence-electron chi connectivity index (χ1n) is 5.81. The number of carbonyl (C=O) groups excluding carboxylic acids is 1. The summed E-state index contributed by atoms with van der Waals surface area (Å²) in [7, 11) is 0. The zero-order valence-electron chi connectivity index (χ0n) is 9.67. The van der Waals surface area contributed by atoms with Gasteiger partial charge < -0.3 is 9.84 Å². The highest BCUT2D eigenvalue weighted by molar-refractivity contribution is 5.89. The highest BCUT2D eigenvalue weighted by Crippen LogP contribution is 2.35. The molecule has 2 aromatic carbocycles. The number of hydrogen-bond acceptors (Lipinski definition) is 3. The van der Waals surface area contributed by atoms with Crippen molar-refractivity contribution in [2.75, 3.05) is 0 Å². The largest absolute Gasteiger partial charge is 0.508 e. The number of aromatic hydroxyl groups is 1. The molecule has 0 spiro atoms. The van der Waals surface area contributed by atoms with Crippen molar-refractivity contribution >= 4 is 5.78 Å². The number of ketones is 1. The average molecular weight is 240 g/mol. The van der Waals surface area contributed by atoms with E-state index in [0.717, 1.165) is 5.56 Å². The molecule has 0 saturated heterocycles. The molecule has 1 heterocycles. The Labute approximate surface area is 105 Å². The Hall–Kier alpha value is -2.29. The van der Waals surface area contributed by atoms with E-state index < -0.39 is 6.10 Å². The van der Waals surface area contributed by atoms with E-state index in [-0.39, 0.29) is 11.5 Å². The molecule has 0 radical (unpaired) electrons. The molecule has 1 aliphatic rings. The predicted molar refractivity (Wildman–Crippen MR) is 66.6 cm³/mol. The summed E-state index contributed by atoms with van der Waals surface area (Å²) in [6.45, 7) is 0. The van der Waals surface area contributed by atoms with Crippen LogP contribution in [0.3, 0.4) is 0 Å². The van der Waals surface area contributed by atoms with Crippen LogP contribution < -0.4 is 4.74 Å². The van der Waals surface area contributed by atoms with E-state index in [4.69, 9.17) is 4.74 Å².